The van der Waals surface area contributed by atoms with Gasteiger partial charge < -0.3 is 5.32 Å². The summed E-state index contributed by atoms with van der Waals surface area (Å²) in [5, 5.41) is 2.87. The van der Waals surface area contributed by atoms with Gasteiger partial charge in [-0.25, -0.2) is 12.8 Å². The minimum atomic E-state index is -3.85. The van der Waals surface area contributed by atoms with Gasteiger partial charge in [-0.15, -0.1) is 0 Å². The van der Waals surface area contributed by atoms with Gasteiger partial charge in [0, 0.05) is 19.5 Å². The van der Waals surface area contributed by atoms with Crippen LogP contribution in [0.3, 0.4) is 0 Å². The minimum absolute atomic E-state index is 0.0321. The number of rotatable bonds is 7. The molecule has 0 aliphatic carbocycles. The highest BCUT2D eigenvalue weighted by Gasteiger charge is 2.37. The Bertz CT molecular complexity index is 929. The number of nitrogens with zero attached hydrogens (tertiary/aromatic N) is 1. The number of sulfonamides is 1. The van der Waals surface area contributed by atoms with Gasteiger partial charge in [-0.05, 0) is 48.2 Å². The normalized spacial score (nSPS) is 17.1. The van der Waals surface area contributed by atoms with E-state index in [0.717, 1.165) is 36.1 Å². The van der Waals surface area contributed by atoms with Gasteiger partial charge in [0.05, 0.1) is 10.9 Å². The Kier molecular flexibility index (Phi) is 6.46. The van der Waals surface area contributed by atoms with Gasteiger partial charge in [0.1, 0.15) is 5.82 Å². The number of nitrogens with one attached hydrogen (secondary N) is 1. The lowest BCUT2D eigenvalue weighted by atomic mass is 9.92. The van der Waals surface area contributed by atoms with Crippen molar-refractivity contribution in [3.05, 3.63) is 65.5 Å². The Morgan fingerprint density at radius 3 is 2.61 bits per heavy atom. The van der Waals surface area contributed by atoms with E-state index in [-0.39, 0.29) is 23.8 Å². The summed E-state index contributed by atoms with van der Waals surface area (Å²) >= 11 is 0. The fourth-order valence-electron chi connectivity index (χ4n) is 3.52. The molecule has 1 aliphatic rings. The summed E-state index contributed by atoms with van der Waals surface area (Å²) in [5.74, 6) is -0.663. The molecule has 1 heterocycles. The summed E-state index contributed by atoms with van der Waals surface area (Å²) in [5.41, 5.74) is 1.91. The van der Waals surface area contributed by atoms with E-state index in [0.29, 0.717) is 13.0 Å². The lowest BCUT2D eigenvalue weighted by Crippen LogP contribution is -2.42. The number of carbonyl (C=O) groups excluding carboxylic acids is 1. The van der Waals surface area contributed by atoms with Gasteiger partial charge in [0.15, 0.2) is 0 Å². The topological polar surface area (TPSA) is 66.5 Å². The number of hydrogen-bond donors (Lipinski definition) is 1. The van der Waals surface area contributed by atoms with Crippen molar-refractivity contribution in [3.8, 4) is 0 Å². The zero-order valence-corrected chi connectivity index (χ0v) is 16.7. The SMILES string of the molecule is CCCCNC(=O)C[C@@H]1c2ccccc2CCN1S(=O)(=O)c1ccc(F)cc1. The van der Waals surface area contributed by atoms with E-state index in [1.807, 2.05) is 31.2 Å². The van der Waals surface area contributed by atoms with Gasteiger partial charge in [-0.1, -0.05) is 37.6 Å². The molecule has 0 aromatic heterocycles. The second kappa shape index (κ2) is 8.84. The highest BCUT2D eigenvalue weighted by molar-refractivity contribution is 7.89. The fraction of sp³-hybridized carbons (Fsp3) is 0.381. The average Bonchev–Trinajstić information content (AvgIpc) is 2.68. The van der Waals surface area contributed by atoms with Crippen LogP contribution in [0.15, 0.2) is 53.4 Å². The van der Waals surface area contributed by atoms with Crippen LogP contribution in [0.2, 0.25) is 0 Å². The van der Waals surface area contributed by atoms with Crippen LogP contribution in [0.1, 0.15) is 43.4 Å². The van der Waals surface area contributed by atoms with E-state index in [2.05, 4.69) is 5.32 Å². The Hall–Kier alpha value is -2.25. The van der Waals surface area contributed by atoms with E-state index in [1.54, 1.807) is 0 Å². The molecule has 1 atom stereocenters. The Labute approximate surface area is 165 Å². The van der Waals surface area contributed by atoms with Gasteiger partial charge in [-0.3, -0.25) is 4.79 Å². The first-order chi connectivity index (χ1) is 13.4. The molecular formula is C21H25FN2O3S. The lowest BCUT2D eigenvalue weighted by Gasteiger charge is -2.36. The monoisotopic (exact) mass is 404 g/mol. The molecule has 2 aromatic carbocycles. The molecule has 150 valence electrons. The van der Waals surface area contributed by atoms with Crippen LogP contribution in [0.25, 0.3) is 0 Å². The number of carbonyl (C=O) groups is 1. The van der Waals surface area contributed by atoms with Gasteiger partial charge in [-0.2, -0.15) is 4.31 Å². The lowest BCUT2D eigenvalue weighted by molar-refractivity contribution is -0.122. The maximum absolute atomic E-state index is 13.2. The number of benzene rings is 2. The number of fused-ring (bicyclic) bond motifs is 1. The highest BCUT2D eigenvalue weighted by Crippen LogP contribution is 2.36. The van der Waals surface area contributed by atoms with E-state index < -0.39 is 21.9 Å². The molecule has 0 saturated carbocycles. The third kappa shape index (κ3) is 4.42. The highest BCUT2D eigenvalue weighted by atomic mass is 32.2. The molecule has 7 heteroatoms. The van der Waals surface area contributed by atoms with Crippen molar-refractivity contribution in [2.75, 3.05) is 13.1 Å². The zero-order chi connectivity index (χ0) is 20.1. The first-order valence-corrected chi connectivity index (χ1v) is 11.0. The van der Waals surface area contributed by atoms with Crippen molar-refractivity contribution in [2.24, 2.45) is 0 Å². The van der Waals surface area contributed by atoms with Crippen LogP contribution >= 0.6 is 0 Å². The van der Waals surface area contributed by atoms with Crippen LogP contribution in [0, 0.1) is 5.82 Å². The molecule has 5 nitrogen and oxygen atoms in total. The Morgan fingerprint density at radius 1 is 1.18 bits per heavy atom. The van der Waals surface area contributed by atoms with Gasteiger partial charge in [0.2, 0.25) is 15.9 Å². The van der Waals surface area contributed by atoms with E-state index in [9.17, 15) is 17.6 Å². The Balaban J connectivity index is 1.92. The van der Waals surface area contributed by atoms with Crippen LogP contribution in [-0.2, 0) is 21.2 Å². The van der Waals surface area contributed by atoms with Gasteiger partial charge in [0.25, 0.3) is 0 Å². The summed E-state index contributed by atoms with van der Waals surface area (Å²) in [4.78, 5) is 12.5. The number of hydrogen-bond acceptors (Lipinski definition) is 3. The third-order valence-corrected chi connectivity index (χ3v) is 6.94. The largest absolute Gasteiger partial charge is 0.356 e. The summed E-state index contributed by atoms with van der Waals surface area (Å²) in [6.07, 6.45) is 2.48. The number of amides is 1. The zero-order valence-electron chi connectivity index (χ0n) is 15.9. The van der Waals surface area contributed by atoms with Crippen molar-refractivity contribution < 1.29 is 17.6 Å². The van der Waals surface area contributed by atoms with Gasteiger partial charge >= 0.3 is 0 Å². The molecular weight excluding hydrogens is 379 g/mol. The summed E-state index contributed by atoms with van der Waals surface area (Å²) < 4.78 is 41.1. The van der Waals surface area contributed by atoms with Crippen LogP contribution in [-0.4, -0.2) is 31.7 Å². The maximum Gasteiger partial charge on any atom is 0.243 e. The minimum Gasteiger partial charge on any atom is -0.356 e. The maximum atomic E-state index is 13.2. The van der Waals surface area contributed by atoms with Crippen LogP contribution in [0.5, 0.6) is 0 Å². The molecule has 0 fully saturated rings. The first kappa shape index (κ1) is 20.5. The number of unbranched alkanes of at least 4 members (excludes halogenated alkanes) is 1. The molecule has 1 N–H and O–H groups in total. The molecule has 1 amide bonds. The molecule has 28 heavy (non-hydrogen) atoms. The molecule has 0 unspecified atom stereocenters. The van der Waals surface area contributed by atoms with Crippen molar-refractivity contribution in [3.63, 3.8) is 0 Å². The van der Waals surface area contributed by atoms with E-state index >= 15 is 0 Å². The van der Waals surface area contributed by atoms with Crippen LogP contribution < -0.4 is 5.32 Å². The second-order valence-corrected chi connectivity index (χ2v) is 8.83. The Morgan fingerprint density at radius 2 is 1.89 bits per heavy atom. The molecule has 1 aliphatic heterocycles. The molecule has 2 aromatic rings. The van der Waals surface area contributed by atoms with E-state index in [1.165, 1.54) is 16.4 Å². The number of halogens is 1. The van der Waals surface area contributed by atoms with E-state index in [4.69, 9.17) is 0 Å². The quantitative estimate of drug-likeness (QED) is 0.719. The summed E-state index contributed by atoms with van der Waals surface area (Å²) in [6.45, 7) is 2.90. The molecule has 0 spiro atoms. The van der Waals surface area contributed by atoms with Crippen molar-refractivity contribution in [1.29, 1.82) is 0 Å². The molecule has 0 saturated heterocycles. The third-order valence-electron chi connectivity index (χ3n) is 5.01. The first-order valence-electron chi connectivity index (χ1n) is 9.55. The molecule has 3 rings (SSSR count). The predicted molar refractivity (Wildman–Crippen MR) is 106 cm³/mol. The standard InChI is InChI=1S/C21H25FN2O3S/c1-2-3-13-23-21(25)15-20-19-7-5-4-6-16(19)12-14-24(20)28(26,27)18-10-8-17(22)9-11-18/h4-11,20H,2-3,12-15H2,1H3,(H,23,25)/t20-/m1/s1. The molecule has 0 bridgehead atoms. The van der Waals surface area contributed by atoms with Crippen molar-refractivity contribution >= 4 is 15.9 Å². The molecule has 0 radical (unpaired) electrons. The van der Waals surface area contributed by atoms with Crippen molar-refractivity contribution in [1.82, 2.24) is 9.62 Å². The van der Waals surface area contributed by atoms with Crippen molar-refractivity contribution in [2.45, 2.75) is 43.5 Å². The second-order valence-electron chi connectivity index (χ2n) is 6.94. The smallest absolute Gasteiger partial charge is 0.243 e. The summed E-state index contributed by atoms with van der Waals surface area (Å²) in [7, 11) is -3.85. The van der Waals surface area contributed by atoms with Crippen LogP contribution in [0.4, 0.5) is 4.39 Å². The predicted octanol–water partition coefficient (Wildman–Crippen LogP) is 3.42. The summed E-state index contributed by atoms with van der Waals surface area (Å²) in [6, 6.07) is 11.9. The average molecular weight is 405 g/mol. The fourth-order valence-corrected chi connectivity index (χ4v) is 5.13.